The summed E-state index contributed by atoms with van der Waals surface area (Å²) in [6.45, 7) is 8.51. The number of carboxylic acids is 2. The van der Waals surface area contributed by atoms with E-state index in [0.717, 1.165) is 32.1 Å². The third-order valence-electron chi connectivity index (χ3n) is 11.5. The lowest BCUT2D eigenvalue weighted by atomic mass is 9.34. The molecule has 1 spiro atoms. The van der Waals surface area contributed by atoms with Gasteiger partial charge in [-0.3, -0.25) is 19.3 Å². The highest BCUT2D eigenvalue weighted by molar-refractivity contribution is 6.23. The minimum Gasteiger partial charge on any atom is -0.481 e. The van der Waals surface area contributed by atoms with E-state index in [1.807, 2.05) is 6.92 Å². The molecule has 0 unspecified atom stereocenters. The molecule has 2 N–H and O–H groups in total. The van der Waals surface area contributed by atoms with Gasteiger partial charge in [-0.15, -0.1) is 0 Å². The van der Waals surface area contributed by atoms with E-state index in [2.05, 4.69) is 26.8 Å². The Bertz CT molecular complexity index is 1280. The molecular weight excluding hydrogens is 482 g/mol. The average molecular weight is 520 g/mol. The minimum absolute atomic E-state index is 0.0393. The van der Waals surface area contributed by atoms with Gasteiger partial charge in [0.05, 0.1) is 28.5 Å². The molecule has 2 bridgehead atoms. The predicted octanol–water partition coefficient (Wildman–Crippen LogP) is 5.40. The van der Waals surface area contributed by atoms with Crippen LogP contribution in [0.4, 0.5) is 5.69 Å². The van der Waals surface area contributed by atoms with E-state index < -0.39 is 34.6 Å². The van der Waals surface area contributed by atoms with Crippen LogP contribution in [0.25, 0.3) is 0 Å². The smallest absolute Gasteiger partial charge is 0.335 e. The molecule has 7 nitrogen and oxygen atoms in total. The summed E-state index contributed by atoms with van der Waals surface area (Å²) < 4.78 is 0. The number of allylic oxidation sites excluding steroid dienone is 2. The first-order valence-corrected chi connectivity index (χ1v) is 14.0. The summed E-state index contributed by atoms with van der Waals surface area (Å²) in [7, 11) is 0. The Kier molecular flexibility index (Phi) is 5.35. The van der Waals surface area contributed by atoms with Gasteiger partial charge in [0.1, 0.15) is 0 Å². The molecule has 4 fully saturated rings. The number of rotatable bonds is 4. The lowest BCUT2D eigenvalue weighted by molar-refractivity contribution is -0.194. The van der Waals surface area contributed by atoms with Crippen LogP contribution < -0.4 is 4.90 Å². The third kappa shape index (κ3) is 3.02. The van der Waals surface area contributed by atoms with Crippen molar-refractivity contribution in [2.45, 2.75) is 66.2 Å². The van der Waals surface area contributed by atoms with Gasteiger partial charge in [-0.2, -0.15) is 0 Å². The quantitative estimate of drug-likeness (QED) is 0.407. The molecule has 1 aromatic rings. The van der Waals surface area contributed by atoms with Gasteiger partial charge in [-0.1, -0.05) is 38.8 Å². The third-order valence-corrected chi connectivity index (χ3v) is 11.5. The van der Waals surface area contributed by atoms with Gasteiger partial charge < -0.3 is 10.2 Å². The number of carbonyl (C=O) groups is 4. The Labute approximate surface area is 223 Å². The maximum absolute atomic E-state index is 14.3. The van der Waals surface area contributed by atoms with Crippen molar-refractivity contribution >= 4 is 29.4 Å². The molecule has 7 heteroatoms. The summed E-state index contributed by atoms with van der Waals surface area (Å²) in [6.07, 6.45) is 7.13. The zero-order valence-electron chi connectivity index (χ0n) is 22.6. The number of anilines is 1. The fraction of sp³-hybridized carbons (Fsp3) is 0.613. The van der Waals surface area contributed by atoms with E-state index >= 15 is 0 Å². The molecule has 2 amide bonds. The molecule has 5 aliphatic carbocycles. The highest BCUT2D eigenvalue weighted by atomic mass is 16.4. The fourth-order valence-corrected chi connectivity index (χ4v) is 9.97. The van der Waals surface area contributed by atoms with Crippen LogP contribution in [-0.2, 0) is 14.4 Å². The predicted molar refractivity (Wildman–Crippen MR) is 140 cm³/mol. The van der Waals surface area contributed by atoms with Gasteiger partial charge >= 0.3 is 11.9 Å². The minimum atomic E-state index is -1.05. The van der Waals surface area contributed by atoms with Crippen molar-refractivity contribution in [3.63, 3.8) is 0 Å². The lowest BCUT2D eigenvalue weighted by Gasteiger charge is -2.68. The lowest BCUT2D eigenvalue weighted by Crippen LogP contribution is -2.65. The molecule has 202 valence electrons. The van der Waals surface area contributed by atoms with Gasteiger partial charge in [-0.25, -0.2) is 4.79 Å². The summed E-state index contributed by atoms with van der Waals surface area (Å²) >= 11 is 0. The summed E-state index contributed by atoms with van der Waals surface area (Å²) in [6, 6.07) is 5.99. The van der Waals surface area contributed by atoms with E-state index in [0.29, 0.717) is 12.1 Å². The number of hydrogen-bond donors (Lipinski definition) is 2. The number of amides is 2. The molecule has 1 aliphatic heterocycles. The van der Waals surface area contributed by atoms with E-state index in [9.17, 15) is 29.4 Å². The zero-order chi connectivity index (χ0) is 27.4. The fourth-order valence-electron chi connectivity index (χ4n) is 9.97. The molecule has 3 saturated carbocycles. The van der Waals surface area contributed by atoms with Crippen molar-refractivity contribution < 1.29 is 29.4 Å². The van der Waals surface area contributed by atoms with Gasteiger partial charge in [0, 0.05) is 5.41 Å². The summed E-state index contributed by atoms with van der Waals surface area (Å²) in [5.41, 5.74) is 0.343. The molecule has 1 saturated heterocycles. The first kappa shape index (κ1) is 25.3. The monoisotopic (exact) mass is 519 g/mol. The van der Waals surface area contributed by atoms with Crippen LogP contribution >= 0.6 is 0 Å². The van der Waals surface area contributed by atoms with E-state index in [1.165, 1.54) is 22.6 Å². The Morgan fingerprint density at radius 1 is 0.974 bits per heavy atom. The summed E-state index contributed by atoms with van der Waals surface area (Å²) in [5.74, 6) is -2.62. The second-order valence-corrected chi connectivity index (χ2v) is 13.3. The largest absolute Gasteiger partial charge is 0.481 e. The normalized spacial score (nSPS) is 41.4. The molecule has 6 aliphatic rings. The number of nitrogens with zero attached hydrogens (tertiary/aromatic N) is 1. The standard InChI is InChI=1S/C31H37NO6/c1-16(2)20-15-31-13-10-21-29(3,11-5-12-30(21,4)28(37)38)22(31)14-19(20)23-24(31)26(34)32(25(23)33)18-8-6-17(7-9-18)27(35)36/h6-9,15-16,19,21-24H,5,10-14H2,1-4H3,(H,35,36)(H,37,38)/t19-,21+,22+,23+,24-,29+,30-,31+/m1/s1. The van der Waals surface area contributed by atoms with Crippen molar-refractivity contribution in [2.75, 3.05) is 4.90 Å². The van der Waals surface area contributed by atoms with Crippen LogP contribution in [0, 0.1) is 51.8 Å². The molecule has 1 aromatic carbocycles. The number of fused-ring (bicyclic) bond motifs is 1. The number of aromatic carboxylic acids is 1. The SMILES string of the molecule is CC(C)C1=C[C@@]23CC[C@H]4[C@](C)(CCC[C@@]4(C)C(=O)O)[C@@H]2C[C@H]1[C@@H]1C(=O)N(c2ccc(C(=O)O)cc2)C(=O)[C@@H]13. The Balaban J connectivity index is 1.46. The topological polar surface area (TPSA) is 112 Å². The molecule has 1 heterocycles. The van der Waals surface area contributed by atoms with Crippen LogP contribution in [0.1, 0.15) is 76.6 Å². The van der Waals surface area contributed by atoms with Crippen molar-refractivity contribution in [3.8, 4) is 0 Å². The molecular formula is C31H37NO6. The number of aliphatic carboxylic acids is 1. The van der Waals surface area contributed by atoms with Crippen molar-refractivity contribution in [2.24, 2.45) is 51.8 Å². The van der Waals surface area contributed by atoms with Crippen molar-refractivity contribution in [3.05, 3.63) is 41.5 Å². The van der Waals surface area contributed by atoms with Crippen molar-refractivity contribution in [1.82, 2.24) is 0 Å². The van der Waals surface area contributed by atoms with Crippen LogP contribution in [-0.4, -0.2) is 34.0 Å². The van der Waals surface area contributed by atoms with Crippen LogP contribution in [0.15, 0.2) is 35.9 Å². The van der Waals surface area contributed by atoms with Gasteiger partial charge in [0.15, 0.2) is 0 Å². The first-order chi connectivity index (χ1) is 17.9. The summed E-state index contributed by atoms with van der Waals surface area (Å²) in [5, 5.41) is 19.6. The van der Waals surface area contributed by atoms with Gasteiger partial charge in [-0.05, 0) is 92.4 Å². The highest BCUT2D eigenvalue weighted by Gasteiger charge is 2.73. The van der Waals surface area contributed by atoms with Crippen molar-refractivity contribution in [1.29, 1.82) is 0 Å². The van der Waals surface area contributed by atoms with E-state index in [1.54, 1.807) is 12.1 Å². The number of carbonyl (C=O) groups excluding carboxylic acids is 2. The maximum atomic E-state index is 14.3. The second kappa shape index (κ2) is 8.03. The molecule has 0 aromatic heterocycles. The maximum Gasteiger partial charge on any atom is 0.335 e. The Morgan fingerprint density at radius 2 is 1.66 bits per heavy atom. The average Bonchev–Trinajstić information content (AvgIpc) is 3.15. The number of imide groups is 1. The molecule has 7 rings (SSSR count). The molecule has 8 atom stereocenters. The summed E-state index contributed by atoms with van der Waals surface area (Å²) in [4.78, 5) is 53.5. The number of hydrogen-bond acceptors (Lipinski definition) is 4. The van der Waals surface area contributed by atoms with Crippen LogP contribution in [0.5, 0.6) is 0 Å². The zero-order valence-corrected chi connectivity index (χ0v) is 22.6. The number of benzene rings is 1. The second-order valence-electron chi connectivity index (χ2n) is 13.3. The van der Waals surface area contributed by atoms with Gasteiger partial charge in [0.25, 0.3) is 0 Å². The highest BCUT2D eigenvalue weighted by Crippen LogP contribution is 2.74. The van der Waals surface area contributed by atoms with E-state index in [4.69, 9.17) is 0 Å². The van der Waals surface area contributed by atoms with Crippen LogP contribution in [0.3, 0.4) is 0 Å². The van der Waals surface area contributed by atoms with Crippen LogP contribution in [0.2, 0.25) is 0 Å². The Hall–Kier alpha value is -2.96. The van der Waals surface area contributed by atoms with E-state index in [-0.39, 0.29) is 46.5 Å². The molecule has 38 heavy (non-hydrogen) atoms. The number of carboxylic acid groups (broad SMARTS) is 2. The first-order valence-electron chi connectivity index (χ1n) is 14.0. The molecule has 0 radical (unpaired) electrons. The Morgan fingerprint density at radius 3 is 2.26 bits per heavy atom. The van der Waals surface area contributed by atoms with Gasteiger partial charge in [0.2, 0.25) is 11.8 Å².